The Kier molecular flexibility index (Phi) is 6.42. The average Bonchev–Trinajstić information content (AvgIpc) is 3.28. The van der Waals surface area contributed by atoms with Crippen molar-refractivity contribution in [1.29, 1.82) is 0 Å². The van der Waals surface area contributed by atoms with Gasteiger partial charge in [-0.15, -0.1) is 0 Å². The van der Waals surface area contributed by atoms with Gasteiger partial charge in [0.2, 0.25) is 5.91 Å². The largest absolute Gasteiger partial charge is 0.368 e. The van der Waals surface area contributed by atoms with Crippen LogP contribution in [0.4, 0.5) is 5.69 Å². The highest BCUT2D eigenvalue weighted by Crippen LogP contribution is 2.22. The number of amides is 2. The minimum atomic E-state index is -0.349. The third kappa shape index (κ3) is 4.76. The third-order valence-corrected chi connectivity index (χ3v) is 5.71. The monoisotopic (exact) mass is 427 g/mol. The Balaban J connectivity index is 1.51. The average molecular weight is 428 g/mol. The van der Waals surface area contributed by atoms with E-state index in [-0.39, 0.29) is 23.6 Å². The molecule has 1 fully saturated rings. The first-order valence-electron chi connectivity index (χ1n) is 10.7. The second-order valence-electron chi connectivity index (χ2n) is 7.93. The number of likely N-dealkylation sites (tertiary alicyclic amines) is 1. The molecule has 0 saturated carbocycles. The molecule has 1 aliphatic rings. The molecule has 0 aliphatic carbocycles. The van der Waals surface area contributed by atoms with Crippen molar-refractivity contribution in [3.8, 4) is 0 Å². The van der Waals surface area contributed by atoms with Gasteiger partial charge >= 0.3 is 0 Å². The number of nitrogens with zero attached hydrogens (tertiary/aromatic N) is 1. The van der Waals surface area contributed by atoms with Crippen LogP contribution in [0.15, 0.2) is 78.9 Å². The Morgan fingerprint density at radius 3 is 2.38 bits per heavy atom. The number of rotatable bonds is 7. The van der Waals surface area contributed by atoms with E-state index in [0.717, 1.165) is 24.9 Å². The van der Waals surface area contributed by atoms with Crippen molar-refractivity contribution in [2.75, 3.05) is 11.9 Å². The molecule has 1 heterocycles. The summed E-state index contributed by atoms with van der Waals surface area (Å²) < 4.78 is 0. The molecule has 0 radical (unpaired) electrons. The lowest BCUT2D eigenvalue weighted by Gasteiger charge is -2.22. The molecule has 6 nitrogen and oxygen atoms in total. The quantitative estimate of drug-likeness (QED) is 0.563. The van der Waals surface area contributed by atoms with E-state index in [1.807, 2.05) is 24.3 Å². The maximum Gasteiger partial charge on any atom is 0.256 e. The van der Waals surface area contributed by atoms with E-state index in [0.29, 0.717) is 28.9 Å². The summed E-state index contributed by atoms with van der Waals surface area (Å²) in [6.45, 7) is 1.40. The summed E-state index contributed by atoms with van der Waals surface area (Å²) in [5.74, 6) is -0.846. The van der Waals surface area contributed by atoms with Crippen LogP contribution in [0.3, 0.4) is 0 Å². The van der Waals surface area contributed by atoms with Crippen molar-refractivity contribution in [3.63, 3.8) is 0 Å². The van der Waals surface area contributed by atoms with Crippen LogP contribution in [0.25, 0.3) is 0 Å². The van der Waals surface area contributed by atoms with Crippen LogP contribution in [0.5, 0.6) is 0 Å². The number of nitrogens with one attached hydrogen (secondary N) is 1. The molecule has 1 aliphatic heterocycles. The Labute approximate surface area is 187 Å². The summed E-state index contributed by atoms with van der Waals surface area (Å²) in [5.41, 5.74) is 8.33. The van der Waals surface area contributed by atoms with Crippen molar-refractivity contribution in [2.45, 2.75) is 25.4 Å². The van der Waals surface area contributed by atoms with E-state index < -0.39 is 0 Å². The molecule has 4 rings (SSSR count). The highest BCUT2D eigenvalue weighted by Gasteiger charge is 2.28. The van der Waals surface area contributed by atoms with Gasteiger partial charge in [-0.2, -0.15) is 0 Å². The van der Waals surface area contributed by atoms with Crippen LogP contribution in [-0.2, 0) is 11.3 Å². The minimum absolute atomic E-state index is 0.198. The summed E-state index contributed by atoms with van der Waals surface area (Å²) in [5, 5.41) is 2.90. The van der Waals surface area contributed by atoms with Gasteiger partial charge in [0.15, 0.2) is 5.78 Å². The number of benzene rings is 3. The fraction of sp³-hybridized carbons (Fsp3) is 0.192. The van der Waals surface area contributed by atoms with Crippen LogP contribution in [0.2, 0.25) is 0 Å². The molecule has 162 valence electrons. The van der Waals surface area contributed by atoms with Gasteiger partial charge in [-0.25, -0.2) is 0 Å². The standard InChI is InChI=1S/C26H25N3O3/c27-25(31)23-14-7-15-29(23)17-18-8-6-11-20(16-18)28-26(32)22-13-5-4-12-21(22)24(30)19-9-2-1-3-10-19/h1-6,8-13,16,23H,7,14-15,17H2,(H2,27,31)(H,28,32). The SMILES string of the molecule is NC(=O)C1CCCN1Cc1cccc(NC(=O)c2ccccc2C(=O)c2ccccc2)c1. The molecular weight excluding hydrogens is 402 g/mol. The third-order valence-electron chi connectivity index (χ3n) is 5.71. The molecule has 3 N–H and O–H groups in total. The van der Waals surface area contributed by atoms with E-state index >= 15 is 0 Å². The number of ketones is 1. The molecule has 0 aromatic heterocycles. The first kappa shape index (κ1) is 21.5. The van der Waals surface area contributed by atoms with Crippen LogP contribution in [0.1, 0.15) is 44.7 Å². The summed E-state index contributed by atoms with van der Waals surface area (Å²) in [4.78, 5) is 39.7. The Morgan fingerprint density at radius 1 is 0.906 bits per heavy atom. The molecule has 3 aromatic carbocycles. The summed E-state index contributed by atoms with van der Waals surface area (Å²) in [6, 6.07) is 23.0. The molecule has 0 spiro atoms. The van der Waals surface area contributed by atoms with Gasteiger partial charge in [0, 0.05) is 23.4 Å². The van der Waals surface area contributed by atoms with Gasteiger partial charge in [0.1, 0.15) is 0 Å². The number of hydrogen-bond acceptors (Lipinski definition) is 4. The van der Waals surface area contributed by atoms with Gasteiger partial charge in [0.25, 0.3) is 5.91 Å². The summed E-state index contributed by atoms with van der Waals surface area (Å²) in [7, 11) is 0. The van der Waals surface area contributed by atoms with Crippen LogP contribution < -0.4 is 11.1 Å². The number of carbonyl (C=O) groups excluding carboxylic acids is 3. The van der Waals surface area contributed by atoms with Gasteiger partial charge < -0.3 is 11.1 Å². The maximum atomic E-state index is 13.0. The summed E-state index contributed by atoms with van der Waals surface area (Å²) >= 11 is 0. The van der Waals surface area contributed by atoms with Crippen molar-refractivity contribution in [2.24, 2.45) is 5.73 Å². The van der Waals surface area contributed by atoms with Crippen molar-refractivity contribution in [1.82, 2.24) is 4.90 Å². The predicted molar refractivity (Wildman–Crippen MR) is 123 cm³/mol. The first-order valence-corrected chi connectivity index (χ1v) is 10.7. The van der Waals surface area contributed by atoms with Crippen LogP contribution in [-0.4, -0.2) is 35.1 Å². The lowest BCUT2D eigenvalue weighted by Crippen LogP contribution is -2.39. The molecule has 1 atom stereocenters. The van der Waals surface area contributed by atoms with Crippen LogP contribution >= 0.6 is 0 Å². The number of nitrogens with two attached hydrogens (primary N) is 1. The lowest BCUT2D eigenvalue weighted by atomic mass is 9.98. The highest BCUT2D eigenvalue weighted by molar-refractivity contribution is 6.17. The number of hydrogen-bond donors (Lipinski definition) is 2. The maximum absolute atomic E-state index is 13.0. The molecular formula is C26H25N3O3. The second kappa shape index (κ2) is 9.58. The van der Waals surface area contributed by atoms with Crippen molar-refractivity contribution in [3.05, 3.63) is 101 Å². The van der Waals surface area contributed by atoms with E-state index in [9.17, 15) is 14.4 Å². The molecule has 2 amide bonds. The normalized spacial score (nSPS) is 15.9. The fourth-order valence-electron chi connectivity index (χ4n) is 4.14. The zero-order valence-corrected chi connectivity index (χ0v) is 17.7. The van der Waals surface area contributed by atoms with Gasteiger partial charge in [0.05, 0.1) is 11.6 Å². The minimum Gasteiger partial charge on any atom is -0.368 e. The number of primary amides is 1. The van der Waals surface area contributed by atoms with Gasteiger partial charge in [-0.1, -0.05) is 60.7 Å². The molecule has 6 heteroatoms. The zero-order valence-electron chi connectivity index (χ0n) is 17.7. The number of carbonyl (C=O) groups is 3. The second-order valence-corrected chi connectivity index (χ2v) is 7.93. The van der Waals surface area contributed by atoms with E-state index in [4.69, 9.17) is 5.73 Å². The van der Waals surface area contributed by atoms with Crippen LogP contribution in [0, 0.1) is 0 Å². The van der Waals surface area contributed by atoms with Crippen molar-refractivity contribution < 1.29 is 14.4 Å². The Morgan fingerprint density at radius 2 is 1.62 bits per heavy atom. The van der Waals surface area contributed by atoms with E-state index in [1.54, 1.807) is 54.6 Å². The topological polar surface area (TPSA) is 92.5 Å². The molecule has 0 bridgehead atoms. The molecule has 3 aromatic rings. The van der Waals surface area contributed by atoms with Gasteiger partial charge in [-0.3, -0.25) is 19.3 Å². The lowest BCUT2D eigenvalue weighted by molar-refractivity contribution is -0.122. The molecule has 1 saturated heterocycles. The zero-order chi connectivity index (χ0) is 22.5. The predicted octanol–water partition coefficient (Wildman–Crippen LogP) is 3.62. The van der Waals surface area contributed by atoms with Gasteiger partial charge in [-0.05, 0) is 43.1 Å². The van der Waals surface area contributed by atoms with E-state index in [1.165, 1.54) is 0 Å². The molecule has 32 heavy (non-hydrogen) atoms. The number of anilines is 1. The fourth-order valence-corrected chi connectivity index (χ4v) is 4.14. The first-order chi connectivity index (χ1) is 15.5. The highest BCUT2D eigenvalue weighted by atomic mass is 16.2. The Hall–Kier alpha value is -3.77. The van der Waals surface area contributed by atoms with Crippen molar-refractivity contribution >= 4 is 23.3 Å². The Bertz CT molecular complexity index is 1140. The van der Waals surface area contributed by atoms with E-state index in [2.05, 4.69) is 10.2 Å². The smallest absolute Gasteiger partial charge is 0.256 e. The molecule has 1 unspecified atom stereocenters. The summed E-state index contributed by atoms with van der Waals surface area (Å²) in [6.07, 6.45) is 1.72.